The van der Waals surface area contributed by atoms with Crippen LogP contribution < -0.4 is 16.2 Å². The Kier molecular flexibility index (Phi) is 5.63. The molecule has 4 aromatic rings. The van der Waals surface area contributed by atoms with Crippen molar-refractivity contribution in [3.05, 3.63) is 100 Å². The standard InChI is InChI=1S/C23H20N6O3/c1-15-20(23(32)29(28(15)2)18-9-4-3-5-10-18)27-21(30)16-7-6-8-17(13-16)26-22(31)19-14-24-11-12-25-19/h3-14H,1-2H3,(H,26,31)(H,27,30). The smallest absolute Gasteiger partial charge is 0.295 e. The van der Waals surface area contributed by atoms with Crippen molar-refractivity contribution < 1.29 is 9.59 Å². The second-order valence-corrected chi connectivity index (χ2v) is 7.02. The number of hydrogen-bond donors (Lipinski definition) is 2. The Morgan fingerprint density at radius 2 is 1.72 bits per heavy atom. The molecule has 0 saturated heterocycles. The number of carbonyl (C=O) groups is 2. The quantitative estimate of drug-likeness (QED) is 0.508. The van der Waals surface area contributed by atoms with Gasteiger partial charge >= 0.3 is 0 Å². The molecule has 0 aliphatic heterocycles. The van der Waals surface area contributed by atoms with E-state index in [1.807, 2.05) is 30.3 Å². The van der Waals surface area contributed by atoms with Crippen LogP contribution in [0.1, 0.15) is 26.5 Å². The lowest BCUT2D eigenvalue weighted by atomic mass is 10.2. The molecule has 32 heavy (non-hydrogen) atoms. The van der Waals surface area contributed by atoms with Gasteiger partial charge in [0.25, 0.3) is 17.4 Å². The van der Waals surface area contributed by atoms with E-state index in [1.165, 1.54) is 29.3 Å². The van der Waals surface area contributed by atoms with E-state index < -0.39 is 11.8 Å². The molecule has 0 bridgehead atoms. The summed E-state index contributed by atoms with van der Waals surface area (Å²) < 4.78 is 3.17. The maximum atomic E-state index is 13.0. The number of aromatic nitrogens is 4. The summed E-state index contributed by atoms with van der Waals surface area (Å²) in [6, 6.07) is 15.6. The van der Waals surface area contributed by atoms with Crippen molar-refractivity contribution in [1.82, 2.24) is 19.3 Å². The van der Waals surface area contributed by atoms with Crippen molar-refractivity contribution in [1.29, 1.82) is 0 Å². The molecule has 0 spiro atoms. The molecule has 0 radical (unpaired) electrons. The number of para-hydroxylation sites is 1. The maximum absolute atomic E-state index is 13.0. The highest BCUT2D eigenvalue weighted by molar-refractivity contribution is 6.07. The van der Waals surface area contributed by atoms with E-state index in [9.17, 15) is 14.4 Å². The molecule has 4 rings (SSSR count). The Balaban J connectivity index is 1.57. The van der Waals surface area contributed by atoms with Crippen LogP contribution in [0.2, 0.25) is 0 Å². The third-order valence-corrected chi connectivity index (χ3v) is 4.97. The summed E-state index contributed by atoms with van der Waals surface area (Å²) in [6.07, 6.45) is 4.24. The van der Waals surface area contributed by atoms with Crippen molar-refractivity contribution in [3.8, 4) is 5.69 Å². The monoisotopic (exact) mass is 428 g/mol. The Morgan fingerprint density at radius 1 is 0.938 bits per heavy atom. The number of amides is 2. The Morgan fingerprint density at radius 3 is 2.44 bits per heavy atom. The van der Waals surface area contributed by atoms with Crippen LogP contribution in [0.4, 0.5) is 11.4 Å². The molecule has 0 aliphatic rings. The van der Waals surface area contributed by atoms with Gasteiger partial charge in [-0.2, -0.15) is 0 Å². The van der Waals surface area contributed by atoms with E-state index in [4.69, 9.17) is 0 Å². The van der Waals surface area contributed by atoms with Gasteiger partial charge in [-0.1, -0.05) is 24.3 Å². The number of anilines is 2. The van der Waals surface area contributed by atoms with E-state index in [0.717, 1.165) is 0 Å². The molecule has 0 fully saturated rings. The first kappa shape index (κ1) is 20.7. The lowest BCUT2D eigenvalue weighted by molar-refractivity contribution is 0.101. The first-order valence-corrected chi connectivity index (χ1v) is 9.78. The molecule has 2 aromatic heterocycles. The average Bonchev–Trinajstić information content (AvgIpc) is 3.03. The van der Waals surface area contributed by atoms with Gasteiger partial charge in [0.1, 0.15) is 11.4 Å². The summed E-state index contributed by atoms with van der Waals surface area (Å²) >= 11 is 0. The van der Waals surface area contributed by atoms with Gasteiger partial charge in [-0.25, -0.2) is 9.67 Å². The second kappa shape index (κ2) is 8.68. The minimum atomic E-state index is -0.466. The van der Waals surface area contributed by atoms with Crippen LogP contribution in [0.3, 0.4) is 0 Å². The molecule has 2 amide bonds. The number of benzene rings is 2. The molecule has 0 aliphatic carbocycles. The van der Waals surface area contributed by atoms with E-state index in [0.29, 0.717) is 17.1 Å². The van der Waals surface area contributed by atoms with Gasteiger partial charge < -0.3 is 10.6 Å². The predicted molar refractivity (Wildman–Crippen MR) is 120 cm³/mol. The van der Waals surface area contributed by atoms with E-state index in [1.54, 1.807) is 36.9 Å². The first-order valence-electron chi connectivity index (χ1n) is 9.78. The molecule has 2 aromatic carbocycles. The molecule has 2 N–H and O–H groups in total. The van der Waals surface area contributed by atoms with Crippen LogP contribution in [-0.2, 0) is 7.05 Å². The molecule has 9 heteroatoms. The van der Waals surface area contributed by atoms with Crippen LogP contribution in [0, 0.1) is 6.92 Å². The highest BCUT2D eigenvalue weighted by Gasteiger charge is 2.19. The van der Waals surface area contributed by atoms with E-state index in [-0.39, 0.29) is 22.5 Å². The summed E-state index contributed by atoms with van der Waals surface area (Å²) in [5.41, 5.74) is 2.02. The summed E-state index contributed by atoms with van der Waals surface area (Å²) in [6.45, 7) is 1.76. The average molecular weight is 428 g/mol. The van der Waals surface area contributed by atoms with Crippen LogP contribution >= 0.6 is 0 Å². The van der Waals surface area contributed by atoms with Gasteiger partial charge in [-0.05, 0) is 37.3 Å². The fourth-order valence-electron chi connectivity index (χ4n) is 3.25. The van der Waals surface area contributed by atoms with Crippen molar-refractivity contribution >= 4 is 23.2 Å². The summed E-state index contributed by atoms with van der Waals surface area (Å²) in [4.78, 5) is 46.0. The number of nitrogens with one attached hydrogen (secondary N) is 2. The number of hydrogen-bond acceptors (Lipinski definition) is 5. The molecule has 0 unspecified atom stereocenters. The Bertz CT molecular complexity index is 1340. The lowest BCUT2D eigenvalue weighted by Gasteiger charge is -2.08. The summed E-state index contributed by atoms with van der Waals surface area (Å²) in [5.74, 6) is -0.910. The van der Waals surface area contributed by atoms with Crippen molar-refractivity contribution in [2.45, 2.75) is 6.92 Å². The fraction of sp³-hybridized carbons (Fsp3) is 0.0870. The molecule has 0 atom stereocenters. The number of rotatable bonds is 5. The summed E-state index contributed by atoms with van der Waals surface area (Å²) in [5, 5.41) is 5.39. The topological polar surface area (TPSA) is 111 Å². The Hall–Kier alpha value is -4.53. The van der Waals surface area contributed by atoms with Gasteiger partial charge in [-0.15, -0.1) is 0 Å². The zero-order valence-corrected chi connectivity index (χ0v) is 17.4. The maximum Gasteiger partial charge on any atom is 0.295 e. The van der Waals surface area contributed by atoms with E-state index >= 15 is 0 Å². The van der Waals surface area contributed by atoms with Crippen molar-refractivity contribution in [2.24, 2.45) is 7.05 Å². The normalized spacial score (nSPS) is 10.6. The molecule has 9 nitrogen and oxygen atoms in total. The lowest BCUT2D eigenvalue weighted by Crippen LogP contribution is -2.23. The van der Waals surface area contributed by atoms with Crippen LogP contribution in [-0.4, -0.2) is 31.1 Å². The van der Waals surface area contributed by atoms with Crippen molar-refractivity contribution in [3.63, 3.8) is 0 Å². The van der Waals surface area contributed by atoms with Gasteiger partial charge in [0.2, 0.25) is 0 Å². The van der Waals surface area contributed by atoms with Gasteiger partial charge in [0.05, 0.1) is 17.6 Å². The number of nitrogens with zero attached hydrogens (tertiary/aromatic N) is 4. The number of carbonyl (C=O) groups excluding carboxylic acids is 2. The van der Waals surface area contributed by atoms with Crippen molar-refractivity contribution in [2.75, 3.05) is 10.6 Å². The minimum absolute atomic E-state index is 0.156. The summed E-state index contributed by atoms with van der Waals surface area (Å²) in [7, 11) is 1.75. The highest BCUT2D eigenvalue weighted by atomic mass is 16.2. The third kappa shape index (κ3) is 4.04. The van der Waals surface area contributed by atoms with Gasteiger partial charge in [-0.3, -0.25) is 24.0 Å². The molecule has 0 saturated carbocycles. The fourth-order valence-corrected chi connectivity index (χ4v) is 3.25. The first-order chi connectivity index (χ1) is 15.5. The van der Waals surface area contributed by atoms with Crippen LogP contribution in [0.25, 0.3) is 5.69 Å². The molecule has 160 valence electrons. The van der Waals surface area contributed by atoms with Crippen LogP contribution in [0.15, 0.2) is 78.0 Å². The zero-order chi connectivity index (χ0) is 22.7. The van der Waals surface area contributed by atoms with Gasteiger partial charge in [0, 0.05) is 30.7 Å². The van der Waals surface area contributed by atoms with Crippen LogP contribution in [0.5, 0.6) is 0 Å². The second-order valence-electron chi connectivity index (χ2n) is 7.02. The van der Waals surface area contributed by atoms with E-state index in [2.05, 4.69) is 20.6 Å². The molecular formula is C23H20N6O3. The third-order valence-electron chi connectivity index (χ3n) is 4.97. The Labute approximate surface area is 183 Å². The predicted octanol–water partition coefficient (Wildman–Crippen LogP) is 2.78. The largest absolute Gasteiger partial charge is 0.321 e. The molecular weight excluding hydrogens is 408 g/mol. The minimum Gasteiger partial charge on any atom is -0.321 e. The van der Waals surface area contributed by atoms with Gasteiger partial charge in [0.15, 0.2) is 0 Å². The molecule has 2 heterocycles. The SMILES string of the molecule is Cc1c(NC(=O)c2cccc(NC(=O)c3cnccn3)c2)c(=O)n(-c2ccccc2)n1C. The zero-order valence-electron chi connectivity index (χ0n) is 17.4. The highest BCUT2D eigenvalue weighted by Crippen LogP contribution is 2.17.